The van der Waals surface area contributed by atoms with E-state index >= 15 is 0 Å². The second-order valence-corrected chi connectivity index (χ2v) is 6.18. The van der Waals surface area contributed by atoms with Gasteiger partial charge in [-0.3, -0.25) is 0 Å². The molecule has 0 saturated carbocycles. The number of ether oxygens (including phenoxy) is 1. The third-order valence-electron chi connectivity index (χ3n) is 2.94. The van der Waals surface area contributed by atoms with Crippen LogP contribution in [0.1, 0.15) is 5.56 Å². The normalized spacial score (nSPS) is 11.1. The highest BCUT2D eigenvalue weighted by molar-refractivity contribution is 7.89. The molecule has 21 heavy (non-hydrogen) atoms. The molecule has 0 unspecified atom stereocenters. The molecule has 1 heterocycles. The minimum atomic E-state index is -3.39. The van der Waals surface area contributed by atoms with Gasteiger partial charge in [-0.2, -0.15) is 0 Å². The molecule has 0 radical (unpaired) electrons. The second-order valence-electron chi connectivity index (χ2n) is 4.29. The van der Waals surface area contributed by atoms with E-state index in [4.69, 9.17) is 4.74 Å². The van der Waals surface area contributed by atoms with E-state index in [0.29, 0.717) is 12.4 Å². The summed E-state index contributed by atoms with van der Waals surface area (Å²) in [7, 11) is -0.437. The summed E-state index contributed by atoms with van der Waals surface area (Å²) in [6.07, 6.45) is 1.68. The quantitative estimate of drug-likeness (QED) is 0.847. The standard InChI is InChI=1S/C14H17N3O3S/c1-15-21(18,19)13-5-3-12(4-6-13)17-10-11-7-8-16-14(9-11)20-2/h3-9,15,17H,10H2,1-2H3. The van der Waals surface area contributed by atoms with Crippen molar-refractivity contribution in [1.82, 2.24) is 9.71 Å². The maximum atomic E-state index is 11.6. The van der Waals surface area contributed by atoms with E-state index in [1.54, 1.807) is 37.6 Å². The van der Waals surface area contributed by atoms with Gasteiger partial charge in [0.2, 0.25) is 15.9 Å². The summed E-state index contributed by atoms with van der Waals surface area (Å²) in [4.78, 5) is 4.27. The highest BCUT2D eigenvalue weighted by Gasteiger charge is 2.10. The molecule has 0 amide bonds. The molecule has 0 atom stereocenters. The molecule has 0 spiro atoms. The van der Waals surface area contributed by atoms with Crippen LogP contribution in [-0.2, 0) is 16.6 Å². The third-order valence-corrected chi connectivity index (χ3v) is 4.37. The van der Waals surface area contributed by atoms with Gasteiger partial charge in [0, 0.05) is 24.5 Å². The Labute approximate surface area is 124 Å². The summed E-state index contributed by atoms with van der Waals surface area (Å²) in [5, 5.41) is 3.21. The number of methoxy groups -OCH3 is 1. The molecule has 0 aliphatic carbocycles. The number of pyridine rings is 1. The van der Waals surface area contributed by atoms with Crippen LogP contribution in [0, 0.1) is 0 Å². The van der Waals surface area contributed by atoms with Gasteiger partial charge in [-0.1, -0.05) is 0 Å². The van der Waals surface area contributed by atoms with Crippen LogP contribution < -0.4 is 14.8 Å². The van der Waals surface area contributed by atoms with Crippen LogP contribution in [0.15, 0.2) is 47.5 Å². The van der Waals surface area contributed by atoms with Crippen LogP contribution >= 0.6 is 0 Å². The van der Waals surface area contributed by atoms with Gasteiger partial charge in [0.05, 0.1) is 12.0 Å². The molecule has 6 nitrogen and oxygen atoms in total. The number of rotatable bonds is 6. The minimum absolute atomic E-state index is 0.237. The van der Waals surface area contributed by atoms with Crippen LogP contribution in [0.5, 0.6) is 5.88 Å². The summed E-state index contributed by atoms with van der Waals surface area (Å²) in [5.41, 5.74) is 1.86. The summed E-state index contributed by atoms with van der Waals surface area (Å²) < 4.78 is 30.6. The fourth-order valence-corrected chi connectivity index (χ4v) is 2.48. The van der Waals surface area contributed by atoms with Crippen molar-refractivity contribution in [3.63, 3.8) is 0 Å². The molecule has 0 bridgehead atoms. The van der Waals surface area contributed by atoms with Crippen molar-refractivity contribution in [2.45, 2.75) is 11.4 Å². The van der Waals surface area contributed by atoms with Crippen LogP contribution in [0.25, 0.3) is 0 Å². The van der Waals surface area contributed by atoms with Crippen molar-refractivity contribution in [2.24, 2.45) is 0 Å². The molecular weight excluding hydrogens is 290 g/mol. The van der Waals surface area contributed by atoms with Gasteiger partial charge in [-0.25, -0.2) is 18.1 Å². The van der Waals surface area contributed by atoms with Crippen molar-refractivity contribution < 1.29 is 13.2 Å². The Morgan fingerprint density at radius 1 is 1.19 bits per heavy atom. The molecule has 7 heteroatoms. The number of aromatic nitrogens is 1. The van der Waals surface area contributed by atoms with Gasteiger partial charge in [-0.05, 0) is 42.9 Å². The fourth-order valence-electron chi connectivity index (χ4n) is 1.75. The third kappa shape index (κ3) is 3.93. The van der Waals surface area contributed by atoms with Crippen molar-refractivity contribution in [2.75, 3.05) is 19.5 Å². The Hall–Kier alpha value is -2.12. The summed E-state index contributed by atoms with van der Waals surface area (Å²) in [6, 6.07) is 10.3. The molecule has 0 fully saturated rings. The van der Waals surface area contributed by atoms with E-state index in [1.807, 2.05) is 12.1 Å². The molecule has 1 aromatic carbocycles. The number of benzene rings is 1. The first-order chi connectivity index (χ1) is 10.0. The first kappa shape index (κ1) is 15.3. The zero-order valence-electron chi connectivity index (χ0n) is 11.8. The second kappa shape index (κ2) is 6.55. The van der Waals surface area contributed by atoms with Gasteiger partial charge in [0.15, 0.2) is 0 Å². The molecular formula is C14H17N3O3S. The monoisotopic (exact) mass is 307 g/mol. The Balaban J connectivity index is 2.04. The molecule has 0 aliphatic rings. The predicted molar refractivity (Wildman–Crippen MR) is 80.8 cm³/mol. The lowest BCUT2D eigenvalue weighted by Crippen LogP contribution is -2.18. The number of sulfonamides is 1. The maximum absolute atomic E-state index is 11.6. The van der Waals surface area contributed by atoms with E-state index in [2.05, 4.69) is 15.0 Å². The van der Waals surface area contributed by atoms with Gasteiger partial charge >= 0.3 is 0 Å². The lowest BCUT2D eigenvalue weighted by atomic mass is 10.2. The van der Waals surface area contributed by atoms with E-state index in [-0.39, 0.29) is 4.90 Å². The largest absolute Gasteiger partial charge is 0.481 e. The van der Waals surface area contributed by atoms with Crippen LogP contribution in [0.2, 0.25) is 0 Å². The molecule has 0 saturated heterocycles. The smallest absolute Gasteiger partial charge is 0.240 e. The van der Waals surface area contributed by atoms with Crippen LogP contribution in [0.4, 0.5) is 5.69 Å². The van der Waals surface area contributed by atoms with Crippen LogP contribution in [0.3, 0.4) is 0 Å². The van der Waals surface area contributed by atoms with Gasteiger partial charge in [0.25, 0.3) is 0 Å². The Bertz CT molecular complexity index is 700. The number of anilines is 1. The molecule has 2 N–H and O–H groups in total. The molecule has 2 rings (SSSR count). The molecule has 2 aromatic rings. The molecule has 1 aromatic heterocycles. The first-order valence-electron chi connectivity index (χ1n) is 6.31. The summed E-state index contributed by atoms with van der Waals surface area (Å²) in [6.45, 7) is 0.594. The van der Waals surface area contributed by atoms with Crippen molar-refractivity contribution >= 4 is 15.7 Å². The fraction of sp³-hybridized carbons (Fsp3) is 0.214. The zero-order chi connectivity index (χ0) is 15.3. The minimum Gasteiger partial charge on any atom is -0.481 e. The van der Waals surface area contributed by atoms with E-state index in [9.17, 15) is 8.42 Å². The van der Waals surface area contributed by atoms with Gasteiger partial charge < -0.3 is 10.1 Å². The van der Waals surface area contributed by atoms with E-state index < -0.39 is 10.0 Å². The van der Waals surface area contributed by atoms with Crippen molar-refractivity contribution in [1.29, 1.82) is 0 Å². The lowest BCUT2D eigenvalue weighted by Gasteiger charge is -2.08. The Morgan fingerprint density at radius 2 is 1.90 bits per heavy atom. The van der Waals surface area contributed by atoms with Crippen molar-refractivity contribution in [3.8, 4) is 5.88 Å². The number of nitrogens with zero attached hydrogens (tertiary/aromatic N) is 1. The number of hydrogen-bond donors (Lipinski definition) is 2. The van der Waals surface area contributed by atoms with E-state index in [1.165, 1.54) is 7.05 Å². The number of nitrogens with one attached hydrogen (secondary N) is 2. The number of hydrogen-bond acceptors (Lipinski definition) is 5. The average Bonchev–Trinajstić information content (AvgIpc) is 2.53. The zero-order valence-corrected chi connectivity index (χ0v) is 12.6. The molecule has 0 aliphatic heterocycles. The summed E-state index contributed by atoms with van der Waals surface area (Å²) in [5.74, 6) is 0.560. The average molecular weight is 307 g/mol. The maximum Gasteiger partial charge on any atom is 0.240 e. The Kier molecular flexibility index (Phi) is 4.77. The highest BCUT2D eigenvalue weighted by atomic mass is 32.2. The van der Waals surface area contributed by atoms with Gasteiger partial charge in [0.1, 0.15) is 0 Å². The lowest BCUT2D eigenvalue weighted by molar-refractivity contribution is 0.397. The SMILES string of the molecule is CNS(=O)(=O)c1ccc(NCc2ccnc(OC)c2)cc1. The van der Waals surface area contributed by atoms with Crippen molar-refractivity contribution in [3.05, 3.63) is 48.2 Å². The summed E-state index contributed by atoms with van der Waals surface area (Å²) >= 11 is 0. The van der Waals surface area contributed by atoms with Crippen LogP contribution in [-0.4, -0.2) is 27.6 Å². The molecule has 112 valence electrons. The first-order valence-corrected chi connectivity index (χ1v) is 7.80. The van der Waals surface area contributed by atoms with Gasteiger partial charge in [-0.15, -0.1) is 0 Å². The highest BCUT2D eigenvalue weighted by Crippen LogP contribution is 2.15. The Morgan fingerprint density at radius 3 is 2.52 bits per heavy atom. The predicted octanol–water partition coefficient (Wildman–Crippen LogP) is 1.61. The topological polar surface area (TPSA) is 80.3 Å². The van der Waals surface area contributed by atoms with E-state index in [0.717, 1.165) is 11.3 Å².